The summed E-state index contributed by atoms with van der Waals surface area (Å²) >= 11 is 9.47. The average molecular weight is 399 g/mol. The van der Waals surface area contributed by atoms with E-state index in [0.29, 0.717) is 24.1 Å². The van der Waals surface area contributed by atoms with E-state index >= 15 is 0 Å². The maximum Gasteiger partial charge on any atom is 0.175 e. The monoisotopic (exact) mass is 397 g/mol. The van der Waals surface area contributed by atoms with Crippen LogP contribution in [0.1, 0.15) is 25.0 Å². The Morgan fingerprint density at radius 2 is 1.83 bits per heavy atom. The van der Waals surface area contributed by atoms with E-state index in [1.807, 2.05) is 30.3 Å². The normalized spacial score (nSPS) is 10.9. The molecule has 2 aromatic rings. The van der Waals surface area contributed by atoms with Crippen molar-refractivity contribution in [3.63, 3.8) is 0 Å². The van der Waals surface area contributed by atoms with E-state index in [-0.39, 0.29) is 0 Å². The smallest absolute Gasteiger partial charge is 0.175 e. The van der Waals surface area contributed by atoms with E-state index in [0.717, 1.165) is 27.2 Å². The molecule has 2 aromatic carbocycles. The van der Waals surface area contributed by atoms with Gasteiger partial charge in [-0.15, -0.1) is 0 Å². The van der Waals surface area contributed by atoms with Crippen molar-refractivity contribution in [1.82, 2.24) is 5.32 Å². The standard InChI is InChI=1S/C18H21BrClNO2/c1-12(2)21-10-14-8-16(19)18(17(9-14)22-3)23-11-13-4-6-15(20)7-5-13/h4-9,12,21H,10-11H2,1-3H3. The first kappa shape index (κ1) is 18.1. The molecule has 0 bridgehead atoms. The van der Waals surface area contributed by atoms with Crippen LogP contribution in [-0.4, -0.2) is 13.2 Å². The second kappa shape index (κ2) is 8.57. The van der Waals surface area contributed by atoms with Crippen molar-refractivity contribution in [2.45, 2.75) is 33.0 Å². The molecule has 5 heteroatoms. The number of nitrogens with one attached hydrogen (secondary N) is 1. The third-order valence-electron chi connectivity index (χ3n) is 3.30. The minimum Gasteiger partial charge on any atom is -0.493 e. The molecule has 0 aromatic heterocycles. The van der Waals surface area contributed by atoms with E-state index < -0.39 is 0 Å². The van der Waals surface area contributed by atoms with E-state index in [4.69, 9.17) is 21.1 Å². The van der Waals surface area contributed by atoms with Crippen molar-refractivity contribution in [2.75, 3.05) is 7.11 Å². The van der Waals surface area contributed by atoms with Gasteiger partial charge < -0.3 is 14.8 Å². The number of hydrogen-bond acceptors (Lipinski definition) is 3. The summed E-state index contributed by atoms with van der Waals surface area (Å²) in [6, 6.07) is 12.1. The molecule has 0 spiro atoms. The lowest BCUT2D eigenvalue weighted by Crippen LogP contribution is -2.21. The zero-order valence-electron chi connectivity index (χ0n) is 13.5. The van der Waals surface area contributed by atoms with Gasteiger partial charge in [-0.3, -0.25) is 0 Å². The first-order valence-electron chi connectivity index (χ1n) is 7.46. The first-order valence-corrected chi connectivity index (χ1v) is 8.63. The molecule has 124 valence electrons. The van der Waals surface area contributed by atoms with Crippen LogP contribution in [0.25, 0.3) is 0 Å². The number of methoxy groups -OCH3 is 1. The molecule has 1 N–H and O–H groups in total. The van der Waals surface area contributed by atoms with Crippen molar-refractivity contribution in [2.24, 2.45) is 0 Å². The Labute approximate surface area is 151 Å². The fraction of sp³-hybridized carbons (Fsp3) is 0.333. The largest absolute Gasteiger partial charge is 0.493 e. The highest BCUT2D eigenvalue weighted by atomic mass is 79.9. The predicted molar refractivity (Wildman–Crippen MR) is 98.5 cm³/mol. The van der Waals surface area contributed by atoms with Gasteiger partial charge in [-0.1, -0.05) is 37.6 Å². The average Bonchev–Trinajstić information content (AvgIpc) is 2.53. The molecule has 0 saturated carbocycles. The van der Waals surface area contributed by atoms with Crippen molar-refractivity contribution in [1.29, 1.82) is 0 Å². The maximum atomic E-state index is 5.93. The van der Waals surface area contributed by atoms with Gasteiger partial charge in [0.1, 0.15) is 6.61 Å². The van der Waals surface area contributed by atoms with Gasteiger partial charge in [-0.05, 0) is 51.3 Å². The Bertz CT molecular complexity index is 644. The maximum absolute atomic E-state index is 5.93. The quantitative estimate of drug-likeness (QED) is 0.696. The van der Waals surface area contributed by atoms with Crippen molar-refractivity contribution < 1.29 is 9.47 Å². The summed E-state index contributed by atoms with van der Waals surface area (Å²) in [5.41, 5.74) is 2.19. The molecule has 0 aliphatic carbocycles. The summed E-state index contributed by atoms with van der Waals surface area (Å²) in [6.07, 6.45) is 0. The minimum absolute atomic E-state index is 0.431. The number of benzene rings is 2. The molecule has 0 atom stereocenters. The van der Waals surface area contributed by atoms with Gasteiger partial charge in [-0.25, -0.2) is 0 Å². The molecule has 0 aliphatic heterocycles. The van der Waals surface area contributed by atoms with Gasteiger partial charge in [0.05, 0.1) is 11.6 Å². The van der Waals surface area contributed by atoms with Crippen LogP contribution in [0, 0.1) is 0 Å². The van der Waals surface area contributed by atoms with Gasteiger partial charge in [-0.2, -0.15) is 0 Å². The molecular formula is C18H21BrClNO2. The van der Waals surface area contributed by atoms with Crippen LogP contribution in [0.2, 0.25) is 5.02 Å². The van der Waals surface area contributed by atoms with Gasteiger partial charge in [0.2, 0.25) is 0 Å². The highest BCUT2D eigenvalue weighted by Gasteiger charge is 2.12. The summed E-state index contributed by atoms with van der Waals surface area (Å²) in [5.74, 6) is 1.42. The van der Waals surface area contributed by atoms with Crippen molar-refractivity contribution in [3.8, 4) is 11.5 Å². The van der Waals surface area contributed by atoms with E-state index in [2.05, 4.69) is 41.2 Å². The molecule has 3 nitrogen and oxygen atoms in total. The lowest BCUT2D eigenvalue weighted by Gasteiger charge is -2.15. The van der Waals surface area contributed by atoms with Crippen molar-refractivity contribution in [3.05, 3.63) is 57.0 Å². The molecule has 0 fully saturated rings. The van der Waals surface area contributed by atoms with E-state index in [1.54, 1.807) is 7.11 Å². The molecular weight excluding hydrogens is 378 g/mol. The van der Waals surface area contributed by atoms with E-state index in [9.17, 15) is 0 Å². The number of halogens is 2. The predicted octanol–water partition coefficient (Wildman–Crippen LogP) is 5.19. The zero-order valence-corrected chi connectivity index (χ0v) is 15.9. The van der Waals surface area contributed by atoms with Crippen molar-refractivity contribution >= 4 is 27.5 Å². The van der Waals surface area contributed by atoms with Crippen LogP contribution >= 0.6 is 27.5 Å². The number of ether oxygens (including phenoxy) is 2. The molecule has 23 heavy (non-hydrogen) atoms. The highest BCUT2D eigenvalue weighted by molar-refractivity contribution is 9.10. The molecule has 2 rings (SSSR count). The molecule has 0 aliphatic rings. The van der Waals surface area contributed by atoms with Gasteiger partial charge in [0.15, 0.2) is 11.5 Å². The highest BCUT2D eigenvalue weighted by Crippen LogP contribution is 2.37. The number of hydrogen-bond donors (Lipinski definition) is 1. The topological polar surface area (TPSA) is 30.5 Å². The summed E-state index contributed by atoms with van der Waals surface area (Å²) in [5, 5.41) is 4.11. The summed E-state index contributed by atoms with van der Waals surface area (Å²) in [7, 11) is 1.65. The van der Waals surface area contributed by atoms with Gasteiger partial charge >= 0.3 is 0 Å². The third kappa shape index (κ3) is 5.41. The lowest BCUT2D eigenvalue weighted by molar-refractivity contribution is 0.282. The Hall–Kier alpha value is -1.23. The molecule has 0 amide bonds. The summed E-state index contributed by atoms with van der Waals surface area (Å²) in [4.78, 5) is 0. The Balaban J connectivity index is 2.12. The molecule has 0 unspecified atom stereocenters. The zero-order chi connectivity index (χ0) is 16.8. The fourth-order valence-electron chi connectivity index (χ4n) is 2.07. The molecule has 0 saturated heterocycles. The lowest BCUT2D eigenvalue weighted by atomic mass is 10.2. The second-order valence-corrected chi connectivity index (χ2v) is 6.85. The Morgan fingerprint density at radius 1 is 1.13 bits per heavy atom. The minimum atomic E-state index is 0.431. The fourth-order valence-corrected chi connectivity index (χ4v) is 2.80. The number of rotatable bonds is 7. The van der Waals surface area contributed by atoms with Crippen LogP contribution in [0.5, 0.6) is 11.5 Å². The van der Waals surface area contributed by atoms with Gasteiger partial charge in [0.25, 0.3) is 0 Å². The van der Waals surface area contributed by atoms with Gasteiger partial charge in [0, 0.05) is 17.6 Å². The first-order chi connectivity index (χ1) is 11.0. The van der Waals surface area contributed by atoms with Crippen LogP contribution in [0.15, 0.2) is 40.9 Å². The Kier molecular flexibility index (Phi) is 6.75. The Morgan fingerprint density at radius 3 is 2.43 bits per heavy atom. The second-order valence-electron chi connectivity index (χ2n) is 5.56. The SMILES string of the molecule is COc1cc(CNC(C)C)cc(Br)c1OCc1ccc(Cl)cc1. The van der Waals surface area contributed by atoms with Crippen LogP contribution < -0.4 is 14.8 Å². The van der Waals surface area contributed by atoms with E-state index in [1.165, 1.54) is 0 Å². The van der Waals surface area contributed by atoms with Crippen LogP contribution in [-0.2, 0) is 13.2 Å². The summed E-state index contributed by atoms with van der Waals surface area (Å²) in [6.45, 7) is 5.48. The van der Waals surface area contributed by atoms with Crippen LogP contribution in [0.4, 0.5) is 0 Å². The molecule has 0 radical (unpaired) electrons. The van der Waals surface area contributed by atoms with Crippen LogP contribution in [0.3, 0.4) is 0 Å². The summed E-state index contributed by atoms with van der Waals surface area (Å²) < 4.78 is 12.3. The third-order valence-corrected chi connectivity index (χ3v) is 4.14. The molecule has 0 heterocycles.